The minimum absolute atomic E-state index is 0.0381. The first-order valence-electron chi connectivity index (χ1n) is 12.3. The Kier molecular flexibility index (Phi) is 5.54. The van der Waals surface area contributed by atoms with E-state index in [0.717, 1.165) is 48.1 Å². The molecule has 1 aliphatic heterocycles. The lowest BCUT2D eigenvalue weighted by Crippen LogP contribution is -2.51. The lowest BCUT2D eigenvalue weighted by molar-refractivity contribution is -0.128. The molecular weight excluding hydrogens is 410 g/mol. The molecule has 1 aromatic carbocycles. The molecular formula is C29H35NO3. The highest BCUT2D eigenvalue weighted by molar-refractivity contribution is 6.02. The Labute approximate surface area is 197 Å². The topological polar surface area (TPSA) is 49.8 Å². The highest BCUT2D eigenvalue weighted by Gasteiger charge is 2.56. The number of hydrogen-bond acceptors (Lipinski definition) is 4. The summed E-state index contributed by atoms with van der Waals surface area (Å²) in [4.78, 5) is 15.8. The first kappa shape index (κ1) is 22.4. The smallest absolute Gasteiger partial charge is 0.163 e. The van der Waals surface area contributed by atoms with Crippen LogP contribution in [0.3, 0.4) is 0 Å². The fourth-order valence-corrected chi connectivity index (χ4v) is 6.73. The van der Waals surface area contributed by atoms with Gasteiger partial charge >= 0.3 is 0 Å². The first-order valence-corrected chi connectivity index (χ1v) is 12.3. The number of ether oxygens (including phenoxy) is 1. The van der Waals surface area contributed by atoms with Crippen molar-refractivity contribution < 1.29 is 14.6 Å². The van der Waals surface area contributed by atoms with Gasteiger partial charge in [-0.2, -0.15) is 0 Å². The molecule has 1 N–H and O–H groups in total. The van der Waals surface area contributed by atoms with Gasteiger partial charge in [-0.05, 0) is 79.7 Å². The number of carbonyl (C=O) groups is 1. The lowest BCUT2D eigenvalue weighted by Gasteiger charge is -2.51. The molecule has 4 nitrogen and oxygen atoms in total. The van der Waals surface area contributed by atoms with E-state index in [-0.39, 0.29) is 17.8 Å². The number of rotatable bonds is 2. The molecule has 33 heavy (non-hydrogen) atoms. The normalized spacial score (nSPS) is 35.5. The van der Waals surface area contributed by atoms with Gasteiger partial charge in [0.1, 0.15) is 5.60 Å². The van der Waals surface area contributed by atoms with E-state index in [4.69, 9.17) is 4.74 Å². The van der Waals surface area contributed by atoms with Crippen LogP contribution in [0.2, 0.25) is 0 Å². The van der Waals surface area contributed by atoms with Crippen LogP contribution in [0.1, 0.15) is 64.0 Å². The standard InChI is InChI=1S/C29H35NO3/c1-5-14-29(32)15-13-19-7-6-8-23(19)26-24(31)16-21-17-25(33-18-28(21,2)27(26)29)20-9-11-22(12-10-20)30(3)4/h8-12,19,21,25,32H,6-7,13,15-18H2,1-4H3. The molecule has 5 rings (SSSR count). The van der Waals surface area contributed by atoms with E-state index in [1.54, 1.807) is 6.92 Å². The van der Waals surface area contributed by atoms with E-state index in [9.17, 15) is 9.90 Å². The number of ketones is 1. The van der Waals surface area contributed by atoms with Crippen molar-refractivity contribution in [2.45, 2.75) is 64.1 Å². The van der Waals surface area contributed by atoms with E-state index < -0.39 is 11.0 Å². The molecule has 0 bridgehead atoms. The summed E-state index contributed by atoms with van der Waals surface area (Å²) in [5.41, 5.74) is 3.45. The second-order valence-corrected chi connectivity index (χ2v) is 10.7. The number of aliphatic hydroxyl groups is 1. The Morgan fingerprint density at radius 2 is 1.94 bits per heavy atom. The Bertz CT molecular complexity index is 1090. The van der Waals surface area contributed by atoms with Crippen LogP contribution in [-0.2, 0) is 9.53 Å². The minimum Gasteiger partial charge on any atom is -0.378 e. The minimum atomic E-state index is -1.26. The van der Waals surface area contributed by atoms with Crippen LogP contribution in [-0.4, -0.2) is 37.2 Å². The molecule has 1 heterocycles. The summed E-state index contributed by atoms with van der Waals surface area (Å²) in [6, 6.07) is 8.51. The maximum Gasteiger partial charge on any atom is 0.163 e. The number of Topliss-reactive ketones (excluding diaryl/α,β-unsaturated/α-hetero) is 1. The SMILES string of the molecule is CC#CC1(O)CCC2CCC=C2C2=C1C1(C)COC(c3ccc(N(C)C)cc3)CC1CC2=O. The molecule has 5 atom stereocenters. The average molecular weight is 446 g/mol. The Hall–Kier alpha value is -2.35. The van der Waals surface area contributed by atoms with Crippen molar-refractivity contribution in [1.82, 2.24) is 0 Å². The van der Waals surface area contributed by atoms with Crippen LogP contribution in [0.15, 0.2) is 47.1 Å². The van der Waals surface area contributed by atoms with Gasteiger partial charge in [-0.3, -0.25) is 4.79 Å². The summed E-state index contributed by atoms with van der Waals surface area (Å²) in [6.45, 7) is 4.47. The lowest BCUT2D eigenvalue weighted by atomic mass is 9.56. The third kappa shape index (κ3) is 3.57. The van der Waals surface area contributed by atoms with Crippen LogP contribution in [0.25, 0.3) is 0 Å². The zero-order valence-electron chi connectivity index (χ0n) is 20.3. The maximum absolute atomic E-state index is 13.7. The summed E-state index contributed by atoms with van der Waals surface area (Å²) in [6.07, 6.45) is 7.04. The van der Waals surface area contributed by atoms with Gasteiger partial charge < -0.3 is 14.7 Å². The van der Waals surface area contributed by atoms with Gasteiger partial charge in [0.2, 0.25) is 0 Å². The number of fused-ring (bicyclic) bond motifs is 4. The summed E-state index contributed by atoms with van der Waals surface area (Å²) < 4.78 is 6.51. The summed E-state index contributed by atoms with van der Waals surface area (Å²) >= 11 is 0. The average Bonchev–Trinajstić information content (AvgIpc) is 3.21. The van der Waals surface area contributed by atoms with Gasteiger partial charge in [0, 0.05) is 37.2 Å². The molecule has 4 aliphatic rings. The highest BCUT2D eigenvalue weighted by Crippen LogP contribution is 2.58. The Morgan fingerprint density at radius 3 is 2.64 bits per heavy atom. The second kappa shape index (κ2) is 8.15. The van der Waals surface area contributed by atoms with Crippen molar-refractivity contribution in [1.29, 1.82) is 0 Å². The van der Waals surface area contributed by atoms with Crippen molar-refractivity contribution in [2.75, 3.05) is 25.6 Å². The molecule has 1 fully saturated rings. The van der Waals surface area contributed by atoms with Crippen LogP contribution >= 0.6 is 0 Å². The molecule has 0 spiro atoms. The van der Waals surface area contributed by atoms with Gasteiger partial charge in [-0.15, -0.1) is 5.92 Å². The predicted octanol–water partition coefficient (Wildman–Crippen LogP) is 4.99. The molecule has 1 aromatic rings. The second-order valence-electron chi connectivity index (χ2n) is 10.7. The molecule has 0 aromatic heterocycles. The van der Waals surface area contributed by atoms with Gasteiger partial charge in [-0.1, -0.05) is 31.1 Å². The van der Waals surface area contributed by atoms with E-state index in [2.05, 4.69) is 54.0 Å². The quantitative estimate of drug-likeness (QED) is 0.652. The zero-order valence-corrected chi connectivity index (χ0v) is 20.3. The predicted molar refractivity (Wildman–Crippen MR) is 131 cm³/mol. The van der Waals surface area contributed by atoms with Gasteiger partial charge in [-0.25, -0.2) is 0 Å². The third-order valence-corrected chi connectivity index (χ3v) is 8.50. The molecule has 0 radical (unpaired) electrons. The van der Waals surface area contributed by atoms with E-state index in [1.165, 1.54) is 5.57 Å². The van der Waals surface area contributed by atoms with Gasteiger partial charge in [0.05, 0.1) is 12.7 Å². The van der Waals surface area contributed by atoms with Crippen LogP contribution in [0, 0.1) is 29.1 Å². The maximum atomic E-state index is 13.7. The number of hydrogen-bond donors (Lipinski definition) is 1. The number of allylic oxidation sites excluding steroid dienone is 3. The van der Waals surface area contributed by atoms with Crippen LogP contribution in [0.4, 0.5) is 5.69 Å². The number of anilines is 1. The van der Waals surface area contributed by atoms with Crippen molar-refractivity contribution in [3.8, 4) is 11.8 Å². The Morgan fingerprint density at radius 1 is 1.18 bits per heavy atom. The van der Waals surface area contributed by atoms with Crippen LogP contribution in [0.5, 0.6) is 0 Å². The molecule has 3 aliphatic carbocycles. The molecule has 4 heteroatoms. The molecule has 174 valence electrons. The largest absolute Gasteiger partial charge is 0.378 e. The molecule has 0 saturated carbocycles. The summed E-state index contributed by atoms with van der Waals surface area (Å²) in [5, 5.41) is 11.9. The molecule has 1 saturated heterocycles. The van der Waals surface area contributed by atoms with Crippen LogP contribution < -0.4 is 4.90 Å². The summed E-state index contributed by atoms with van der Waals surface area (Å²) in [5.74, 6) is 6.78. The van der Waals surface area contributed by atoms with Crippen molar-refractivity contribution in [2.24, 2.45) is 17.3 Å². The van der Waals surface area contributed by atoms with E-state index >= 15 is 0 Å². The first-order chi connectivity index (χ1) is 15.8. The fourth-order valence-electron chi connectivity index (χ4n) is 6.73. The van der Waals surface area contributed by atoms with Crippen molar-refractivity contribution >= 4 is 11.5 Å². The Balaban J connectivity index is 1.55. The van der Waals surface area contributed by atoms with E-state index in [1.807, 2.05) is 14.1 Å². The molecule has 5 unspecified atom stereocenters. The fraction of sp³-hybridized carbons (Fsp3) is 0.552. The van der Waals surface area contributed by atoms with Gasteiger partial charge in [0.15, 0.2) is 5.78 Å². The number of benzene rings is 1. The highest BCUT2D eigenvalue weighted by atomic mass is 16.5. The third-order valence-electron chi connectivity index (χ3n) is 8.50. The van der Waals surface area contributed by atoms with Gasteiger partial charge in [0.25, 0.3) is 0 Å². The van der Waals surface area contributed by atoms with E-state index in [0.29, 0.717) is 25.4 Å². The monoisotopic (exact) mass is 445 g/mol. The molecule has 0 amide bonds. The van der Waals surface area contributed by atoms with Crippen molar-refractivity contribution in [3.63, 3.8) is 0 Å². The van der Waals surface area contributed by atoms with Crippen molar-refractivity contribution in [3.05, 3.63) is 52.6 Å². The zero-order chi connectivity index (χ0) is 23.4. The summed E-state index contributed by atoms with van der Waals surface area (Å²) in [7, 11) is 4.07. The number of nitrogens with zero attached hydrogens (tertiary/aromatic N) is 1. The number of carbonyl (C=O) groups excluding carboxylic acids is 1.